The Labute approximate surface area is 86.5 Å². The van der Waals surface area contributed by atoms with Crippen LogP contribution in [0.2, 0.25) is 0 Å². The molecule has 2 fully saturated rings. The van der Waals surface area contributed by atoms with Crippen molar-refractivity contribution < 1.29 is 5.11 Å². The van der Waals surface area contributed by atoms with Gasteiger partial charge in [-0.15, -0.1) is 0 Å². The van der Waals surface area contributed by atoms with Crippen LogP contribution < -0.4 is 5.32 Å². The Balaban J connectivity index is 1.90. The number of nitrogens with zero attached hydrogens (tertiary/aromatic N) is 1. The third-order valence-corrected chi connectivity index (χ3v) is 3.75. The third kappa shape index (κ3) is 2.10. The topological polar surface area (TPSA) is 35.5 Å². The molecular weight excluding hydrogens is 176 g/mol. The minimum Gasteiger partial charge on any atom is -0.390 e. The zero-order valence-electron chi connectivity index (χ0n) is 9.08. The average molecular weight is 198 g/mol. The highest BCUT2D eigenvalue weighted by molar-refractivity contribution is 4.90. The van der Waals surface area contributed by atoms with E-state index < -0.39 is 0 Å². The Morgan fingerprint density at radius 2 is 2.29 bits per heavy atom. The lowest BCUT2D eigenvalue weighted by Gasteiger charge is -2.37. The molecule has 82 valence electrons. The van der Waals surface area contributed by atoms with Gasteiger partial charge in [0.2, 0.25) is 0 Å². The summed E-state index contributed by atoms with van der Waals surface area (Å²) >= 11 is 0. The molecule has 3 nitrogen and oxygen atoms in total. The fourth-order valence-corrected chi connectivity index (χ4v) is 2.76. The number of aliphatic hydroxyl groups excluding tert-OH is 1. The van der Waals surface area contributed by atoms with Crippen molar-refractivity contribution in [3.05, 3.63) is 0 Å². The molecule has 0 bridgehead atoms. The van der Waals surface area contributed by atoms with Crippen LogP contribution in [-0.4, -0.2) is 48.3 Å². The van der Waals surface area contributed by atoms with E-state index in [1.54, 1.807) is 0 Å². The minimum atomic E-state index is -0.148. The van der Waals surface area contributed by atoms with Gasteiger partial charge >= 0.3 is 0 Å². The molecule has 0 aliphatic carbocycles. The predicted molar refractivity (Wildman–Crippen MR) is 57.3 cm³/mol. The molecule has 2 heterocycles. The van der Waals surface area contributed by atoms with Crippen molar-refractivity contribution in [1.82, 2.24) is 10.2 Å². The molecule has 2 N–H and O–H groups in total. The Bertz CT molecular complexity index is 186. The summed E-state index contributed by atoms with van der Waals surface area (Å²) in [5, 5.41) is 13.1. The van der Waals surface area contributed by atoms with Gasteiger partial charge in [0.25, 0.3) is 0 Å². The molecule has 3 atom stereocenters. The number of hydrogen-bond donors (Lipinski definition) is 2. The fraction of sp³-hybridized carbons (Fsp3) is 1.00. The van der Waals surface area contributed by atoms with Crippen LogP contribution in [0.4, 0.5) is 0 Å². The van der Waals surface area contributed by atoms with Crippen molar-refractivity contribution in [2.75, 3.05) is 26.2 Å². The lowest BCUT2D eigenvalue weighted by atomic mass is 9.94. The Morgan fingerprint density at radius 1 is 1.43 bits per heavy atom. The van der Waals surface area contributed by atoms with Gasteiger partial charge in [-0.05, 0) is 25.3 Å². The zero-order valence-corrected chi connectivity index (χ0v) is 9.08. The number of nitrogens with one attached hydrogen (secondary N) is 1. The van der Waals surface area contributed by atoms with Gasteiger partial charge < -0.3 is 10.4 Å². The van der Waals surface area contributed by atoms with Crippen LogP contribution >= 0.6 is 0 Å². The van der Waals surface area contributed by atoms with Crippen LogP contribution in [0, 0.1) is 5.92 Å². The number of piperidine rings is 1. The largest absolute Gasteiger partial charge is 0.390 e. The average Bonchev–Trinajstić information content (AvgIpc) is 2.65. The second kappa shape index (κ2) is 4.60. The van der Waals surface area contributed by atoms with Gasteiger partial charge in [0, 0.05) is 25.7 Å². The van der Waals surface area contributed by atoms with Crippen molar-refractivity contribution in [2.45, 2.75) is 38.3 Å². The van der Waals surface area contributed by atoms with E-state index in [4.69, 9.17) is 0 Å². The van der Waals surface area contributed by atoms with E-state index in [-0.39, 0.29) is 6.10 Å². The predicted octanol–water partition coefficient (Wildman–Crippen LogP) is 0.441. The van der Waals surface area contributed by atoms with Crippen LogP contribution in [0.15, 0.2) is 0 Å². The molecule has 0 amide bonds. The quantitative estimate of drug-likeness (QED) is 0.676. The van der Waals surface area contributed by atoms with Gasteiger partial charge in [0.15, 0.2) is 0 Å². The maximum absolute atomic E-state index is 9.80. The minimum absolute atomic E-state index is 0.148. The third-order valence-electron chi connectivity index (χ3n) is 3.75. The number of β-amino-alcohol motifs (C(OH)–C–C–N with tert-alkyl or cyclic N) is 1. The van der Waals surface area contributed by atoms with Crippen LogP contribution in [-0.2, 0) is 0 Å². The van der Waals surface area contributed by atoms with Gasteiger partial charge in [-0.2, -0.15) is 0 Å². The molecule has 2 rings (SSSR count). The van der Waals surface area contributed by atoms with E-state index in [0.717, 1.165) is 19.0 Å². The SMILES string of the molecule is CCC1CCCN(C2CNCC2O)C1. The monoisotopic (exact) mass is 198 g/mol. The van der Waals surface area contributed by atoms with E-state index in [2.05, 4.69) is 17.1 Å². The highest BCUT2D eigenvalue weighted by Gasteiger charge is 2.32. The highest BCUT2D eigenvalue weighted by Crippen LogP contribution is 2.22. The molecule has 0 spiro atoms. The van der Waals surface area contributed by atoms with Crippen molar-refractivity contribution in [1.29, 1.82) is 0 Å². The Kier molecular flexibility index (Phi) is 3.42. The van der Waals surface area contributed by atoms with Gasteiger partial charge in [0.1, 0.15) is 0 Å². The first kappa shape index (κ1) is 10.4. The van der Waals surface area contributed by atoms with E-state index in [1.807, 2.05) is 0 Å². The summed E-state index contributed by atoms with van der Waals surface area (Å²) in [6, 6.07) is 0.379. The molecule has 0 aromatic heterocycles. The summed E-state index contributed by atoms with van der Waals surface area (Å²) < 4.78 is 0. The summed E-state index contributed by atoms with van der Waals surface area (Å²) in [5.74, 6) is 0.858. The van der Waals surface area contributed by atoms with Crippen LogP contribution in [0.5, 0.6) is 0 Å². The van der Waals surface area contributed by atoms with Gasteiger partial charge in [-0.25, -0.2) is 0 Å². The van der Waals surface area contributed by atoms with Crippen LogP contribution in [0.25, 0.3) is 0 Å². The normalized spacial score (nSPS) is 40.3. The fourth-order valence-electron chi connectivity index (χ4n) is 2.76. The molecule has 2 aliphatic rings. The smallest absolute Gasteiger partial charge is 0.0831 e. The van der Waals surface area contributed by atoms with Crippen molar-refractivity contribution in [3.63, 3.8) is 0 Å². The van der Waals surface area contributed by atoms with E-state index >= 15 is 0 Å². The molecule has 3 heteroatoms. The zero-order chi connectivity index (χ0) is 9.97. The van der Waals surface area contributed by atoms with Crippen molar-refractivity contribution in [3.8, 4) is 0 Å². The van der Waals surface area contributed by atoms with E-state index in [9.17, 15) is 5.11 Å². The lowest BCUT2D eigenvalue weighted by Crippen LogP contribution is -2.48. The molecule has 0 aromatic carbocycles. The Hall–Kier alpha value is -0.120. The van der Waals surface area contributed by atoms with Gasteiger partial charge in [-0.1, -0.05) is 13.3 Å². The maximum atomic E-state index is 9.80. The molecule has 0 radical (unpaired) electrons. The van der Waals surface area contributed by atoms with E-state index in [0.29, 0.717) is 6.04 Å². The van der Waals surface area contributed by atoms with Crippen LogP contribution in [0.3, 0.4) is 0 Å². The summed E-state index contributed by atoms with van der Waals surface area (Å²) in [6.45, 7) is 6.40. The first-order valence-electron chi connectivity index (χ1n) is 5.94. The first-order chi connectivity index (χ1) is 6.81. The Morgan fingerprint density at radius 3 is 2.93 bits per heavy atom. The summed E-state index contributed by atoms with van der Waals surface area (Å²) in [7, 11) is 0. The number of aliphatic hydroxyl groups is 1. The molecular formula is C11H22N2O. The number of likely N-dealkylation sites (tertiary alicyclic amines) is 1. The summed E-state index contributed by atoms with van der Waals surface area (Å²) in [6.07, 6.45) is 3.82. The number of rotatable bonds is 2. The number of hydrogen-bond acceptors (Lipinski definition) is 3. The summed E-state index contributed by atoms with van der Waals surface area (Å²) in [4.78, 5) is 2.49. The molecule has 2 saturated heterocycles. The standard InChI is InChI=1S/C11H22N2O/c1-2-9-4-3-5-13(8-9)10-6-12-7-11(10)14/h9-12,14H,2-8H2,1H3. The first-order valence-corrected chi connectivity index (χ1v) is 5.94. The van der Waals surface area contributed by atoms with Gasteiger partial charge in [0.05, 0.1) is 6.10 Å². The molecule has 0 aromatic rings. The second-order valence-corrected chi connectivity index (χ2v) is 4.70. The summed E-state index contributed by atoms with van der Waals surface area (Å²) in [5.41, 5.74) is 0. The van der Waals surface area contributed by atoms with Crippen LogP contribution in [0.1, 0.15) is 26.2 Å². The molecule has 2 aliphatic heterocycles. The molecule has 14 heavy (non-hydrogen) atoms. The van der Waals surface area contributed by atoms with Gasteiger partial charge in [-0.3, -0.25) is 4.90 Å². The second-order valence-electron chi connectivity index (χ2n) is 4.70. The maximum Gasteiger partial charge on any atom is 0.0831 e. The van der Waals surface area contributed by atoms with Crippen molar-refractivity contribution in [2.24, 2.45) is 5.92 Å². The highest BCUT2D eigenvalue weighted by atomic mass is 16.3. The van der Waals surface area contributed by atoms with Crippen molar-refractivity contribution >= 4 is 0 Å². The molecule has 3 unspecified atom stereocenters. The van der Waals surface area contributed by atoms with E-state index in [1.165, 1.54) is 32.4 Å². The molecule has 0 saturated carbocycles. The lowest BCUT2D eigenvalue weighted by molar-refractivity contribution is 0.0528.